The maximum absolute atomic E-state index is 14.6. The minimum Gasteiger partial charge on any atom is -0.364 e. The first-order valence-electron chi connectivity index (χ1n) is 13.5. The van der Waals surface area contributed by atoms with Crippen molar-refractivity contribution in [2.75, 3.05) is 18.4 Å². The van der Waals surface area contributed by atoms with Crippen molar-refractivity contribution >= 4 is 40.2 Å². The second kappa shape index (κ2) is 10.7. The van der Waals surface area contributed by atoms with Gasteiger partial charge in [-0.3, -0.25) is 23.9 Å². The maximum Gasteiger partial charge on any atom is 0.269 e. The van der Waals surface area contributed by atoms with Crippen LogP contribution in [0.25, 0.3) is 22.0 Å². The number of nitrogens with two attached hydrogens (primary N) is 1. The molecule has 214 valence electrons. The van der Waals surface area contributed by atoms with Gasteiger partial charge in [0.2, 0.25) is 11.8 Å². The molecule has 0 spiro atoms. The highest BCUT2D eigenvalue weighted by atomic mass is 19.1. The number of anilines is 1. The first-order valence-corrected chi connectivity index (χ1v) is 13.5. The van der Waals surface area contributed by atoms with Crippen molar-refractivity contribution in [3.8, 4) is 11.1 Å². The quantitative estimate of drug-likeness (QED) is 0.345. The summed E-state index contributed by atoms with van der Waals surface area (Å²) in [5, 5.41) is 15.1. The third-order valence-corrected chi connectivity index (χ3v) is 7.70. The van der Waals surface area contributed by atoms with Crippen molar-refractivity contribution in [1.29, 1.82) is 0 Å². The Morgan fingerprint density at radius 2 is 1.93 bits per heavy atom. The fraction of sp³-hybridized carbons (Fsp3) is 0.276. The number of carbonyl (C=O) groups excluding carboxylic acids is 4. The van der Waals surface area contributed by atoms with Crippen LogP contribution in [-0.2, 0) is 22.7 Å². The summed E-state index contributed by atoms with van der Waals surface area (Å²) in [5.74, 6) is -1.98. The lowest BCUT2D eigenvalue weighted by atomic mass is 10.0. The molecule has 3 N–H and O–H groups in total. The number of hydrogen-bond donors (Lipinski definition) is 2. The first kappa shape index (κ1) is 27.0. The molecule has 1 fully saturated rings. The van der Waals surface area contributed by atoms with Crippen LogP contribution in [0.15, 0.2) is 54.9 Å². The monoisotopic (exact) mass is 570 g/mol. The fourth-order valence-electron chi connectivity index (χ4n) is 5.57. The van der Waals surface area contributed by atoms with Gasteiger partial charge in [0.05, 0.1) is 24.5 Å². The summed E-state index contributed by atoms with van der Waals surface area (Å²) in [7, 11) is 0. The Bertz CT molecular complexity index is 1740. The first-order chi connectivity index (χ1) is 20.2. The molecular formula is C29H27FN8O4. The number of benzene rings is 2. The average molecular weight is 571 g/mol. The third-order valence-electron chi connectivity index (χ3n) is 7.70. The highest BCUT2D eigenvalue weighted by Crippen LogP contribution is 2.29. The molecule has 42 heavy (non-hydrogen) atoms. The van der Waals surface area contributed by atoms with Crippen LogP contribution < -0.4 is 11.1 Å². The molecule has 2 atom stereocenters. The van der Waals surface area contributed by atoms with Gasteiger partial charge in [-0.1, -0.05) is 12.1 Å². The molecule has 4 aromatic rings. The highest BCUT2D eigenvalue weighted by molar-refractivity contribution is 6.06. The molecule has 2 aliphatic heterocycles. The SMILES string of the molecule is CCN1Cc2ccc(NC(=O)[C@@H]3C[C@@H](F)CN3C(=O)Cn3nc(C(N)=O)c4cc(-c5ccnnc5)ccc43)cc2C1=O. The molecule has 2 aromatic carbocycles. The number of nitrogens with zero attached hydrogens (tertiary/aromatic N) is 6. The molecule has 0 aliphatic carbocycles. The van der Waals surface area contributed by atoms with Crippen molar-refractivity contribution in [3.05, 3.63) is 71.7 Å². The number of fused-ring (bicyclic) bond motifs is 2. The number of aromatic nitrogens is 4. The van der Waals surface area contributed by atoms with E-state index >= 15 is 0 Å². The van der Waals surface area contributed by atoms with Gasteiger partial charge in [-0.25, -0.2) is 4.39 Å². The van der Waals surface area contributed by atoms with Crippen LogP contribution in [0.2, 0.25) is 0 Å². The molecular weight excluding hydrogens is 543 g/mol. The second-order valence-corrected chi connectivity index (χ2v) is 10.3. The zero-order chi connectivity index (χ0) is 29.5. The van der Waals surface area contributed by atoms with E-state index in [1.165, 1.54) is 9.58 Å². The summed E-state index contributed by atoms with van der Waals surface area (Å²) >= 11 is 0. The van der Waals surface area contributed by atoms with Gasteiger partial charge in [0.1, 0.15) is 18.8 Å². The van der Waals surface area contributed by atoms with E-state index in [1.807, 2.05) is 6.92 Å². The zero-order valence-corrected chi connectivity index (χ0v) is 22.7. The number of rotatable bonds is 7. The van der Waals surface area contributed by atoms with Crippen LogP contribution in [0.3, 0.4) is 0 Å². The maximum atomic E-state index is 14.6. The highest BCUT2D eigenvalue weighted by Gasteiger charge is 2.40. The minimum absolute atomic E-state index is 0.0199. The third kappa shape index (κ3) is 4.82. The number of primary amides is 1. The molecule has 2 aliphatic rings. The number of nitrogens with one attached hydrogen (secondary N) is 1. The van der Waals surface area contributed by atoms with Gasteiger partial charge in [-0.2, -0.15) is 15.3 Å². The van der Waals surface area contributed by atoms with E-state index in [0.29, 0.717) is 35.2 Å². The fourth-order valence-corrected chi connectivity index (χ4v) is 5.57. The molecule has 0 bridgehead atoms. The topological polar surface area (TPSA) is 156 Å². The summed E-state index contributed by atoms with van der Waals surface area (Å²) in [6, 6.07) is 11.0. The lowest BCUT2D eigenvalue weighted by molar-refractivity contribution is -0.137. The number of halogens is 1. The van der Waals surface area contributed by atoms with E-state index in [9.17, 15) is 23.6 Å². The zero-order valence-electron chi connectivity index (χ0n) is 22.7. The number of carbonyl (C=O) groups is 4. The van der Waals surface area contributed by atoms with Crippen molar-refractivity contribution in [2.24, 2.45) is 5.73 Å². The summed E-state index contributed by atoms with van der Waals surface area (Å²) in [6.07, 6.45) is 1.56. The second-order valence-electron chi connectivity index (χ2n) is 10.3. The van der Waals surface area contributed by atoms with Gasteiger partial charge in [-0.15, -0.1) is 0 Å². The smallest absolute Gasteiger partial charge is 0.269 e. The van der Waals surface area contributed by atoms with Crippen molar-refractivity contribution in [1.82, 2.24) is 29.8 Å². The summed E-state index contributed by atoms with van der Waals surface area (Å²) in [5.41, 5.74) is 9.33. The standard InChI is InChI=1S/C29H27FN8O4/c1-2-36-13-18-3-5-20(11-21(18)29(36)42)34-28(41)24-10-19(30)14-37(24)25(39)15-38-23-6-4-16(17-7-8-32-33-12-17)9-22(23)26(35-38)27(31)40/h3-9,11-12,19,24H,2,10,13-15H2,1H3,(H2,31,40)(H,34,41)/t19-,24+/m1/s1. The minimum atomic E-state index is -1.39. The lowest BCUT2D eigenvalue weighted by Gasteiger charge is -2.24. The molecule has 12 nitrogen and oxygen atoms in total. The number of amides is 4. The largest absolute Gasteiger partial charge is 0.364 e. The van der Waals surface area contributed by atoms with E-state index in [2.05, 4.69) is 20.6 Å². The molecule has 4 amide bonds. The van der Waals surface area contributed by atoms with Gasteiger partial charge in [-0.05, 0) is 48.4 Å². The van der Waals surface area contributed by atoms with Crippen molar-refractivity contribution < 1.29 is 23.6 Å². The van der Waals surface area contributed by atoms with Gasteiger partial charge in [0, 0.05) is 41.7 Å². The molecule has 2 aromatic heterocycles. The predicted molar refractivity (Wildman–Crippen MR) is 150 cm³/mol. The van der Waals surface area contributed by atoms with Crippen LogP contribution in [0.4, 0.5) is 10.1 Å². The average Bonchev–Trinajstić information content (AvgIpc) is 3.66. The predicted octanol–water partition coefficient (Wildman–Crippen LogP) is 2.15. The Balaban J connectivity index is 1.22. The van der Waals surface area contributed by atoms with Crippen LogP contribution in [0.5, 0.6) is 0 Å². The van der Waals surface area contributed by atoms with E-state index in [0.717, 1.165) is 16.7 Å². The van der Waals surface area contributed by atoms with Gasteiger partial charge < -0.3 is 20.9 Å². The molecule has 0 saturated carbocycles. The number of likely N-dealkylation sites (tertiary alicyclic amines) is 1. The Morgan fingerprint density at radius 3 is 2.67 bits per heavy atom. The van der Waals surface area contributed by atoms with E-state index < -0.39 is 29.9 Å². The van der Waals surface area contributed by atoms with Crippen LogP contribution in [0.1, 0.15) is 39.8 Å². The summed E-state index contributed by atoms with van der Waals surface area (Å²) in [4.78, 5) is 54.4. The summed E-state index contributed by atoms with van der Waals surface area (Å²) < 4.78 is 15.9. The van der Waals surface area contributed by atoms with E-state index in [4.69, 9.17) is 5.73 Å². The van der Waals surface area contributed by atoms with E-state index in [1.54, 1.807) is 59.8 Å². The van der Waals surface area contributed by atoms with Crippen LogP contribution >= 0.6 is 0 Å². The van der Waals surface area contributed by atoms with Gasteiger partial charge in [0.15, 0.2) is 5.69 Å². The normalized spacial score (nSPS) is 18.0. The molecule has 0 radical (unpaired) electrons. The van der Waals surface area contributed by atoms with Crippen LogP contribution in [0, 0.1) is 0 Å². The Hall–Kier alpha value is -5.20. The molecule has 0 unspecified atom stereocenters. The van der Waals surface area contributed by atoms with E-state index in [-0.39, 0.29) is 31.1 Å². The molecule has 13 heteroatoms. The lowest BCUT2D eigenvalue weighted by Crippen LogP contribution is -2.44. The Labute approximate surface area is 239 Å². The van der Waals surface area contributed by atoms with Gasteiger partial charge in [0.25, 0.3) is 11.8 Å². The summed E-state index contributed by atoms with van der Waals surface area (Å²) in [6.45, 7) is 2.38. The molecule has 6 rings (SSSR count). The molecule has 1 saturated heterocycles. The van der Waals surface area contributed by atoms with Crippen molar-refractivity contribution in [2.45, 2.75) is 38.6 Å². The van der Waals surface area contributed by atoms with Crippen LogP contribution in [-0.4, -0.2) is 78.7 Å². The van der Waals surface area contributed by atoms with Gasteiger partial charge >= 0.3 is 0 Å². The number of hydrogen-bond acceptors (Lipinski definition) is 7. The van der Waals surface area contributed by atoms with Crippen molar-refractivity contribution in [3.63, 3.8) is 0 Å². The Morgan fingerprint density at radius 1 is 1.10 bits per heavy atom. The molecule has 4 heterocycles. The number of alkyl halides is 1. The Kier molecular flexibility index (Phi) is 6.85.